The molecule has 2 aromatic rings. The summed E-state index contributed by atoms with van der Waals surface area (Å²) in [5, 5.41) is 9.58. The molecule has 2 rings (SSSR count). The number of nitriles is 1. The molecule has 0 saturated heterocycles. The van der Waals surface area contributed by atoms with Crippen molar-refractivity contribution in [3.63, 3.8) is 0 Å². The van der Waals surface area contributed by atoms with Crippen molar-refractivity contribution < 1.29 is 4.74 Å². The summed E-state index contributed by atoms with van der Waals surface area (Å²) in [6.45, 7) is 3.87. The van der Waals surface area contributed by atoms with Gasteiger partial charge < -0.3 is 10.5 Å². The average Bonchev–Trinajstić information content (AvgIpc) is 2.36. The van der Waals surface area contributed by atoms with Crippen LogP contribution in [0.15, 0.2) is 30.3 Å². The van der Waals surface area contributed by atoms with Crippen LogP contribution in [0.2, 0.25) is 5.02 Å². The van der Waals surface area contributed by atoms with Crippen LogP contribution in [0, 0.1) is 25.2 Å². The Morgan fingerprint density at radius 3 is 2.53 bits per heavy atom. The second-order valence-electron chi connectivity index (χ2n) is 4.33. The molecule has 0 saturated carbocycles. The number of nitrogens with two attached hydrogens (primary N) is 1. The van der Waals surface area contributed by atoms with Gasteiger partial charge in [0.25, 0.3) is 0 Å². The molecular formula is C15H13ClN2O. The summed E-state index contributed by atoms with van der Waals surface area (Å²) in [6, 6.07) is 10.7. The van der Waals surface area contributed by atoms with Crippen molar-refractivity contribution in [2.45, 2.75) is 13.8 Å². The molecule has 4 heteroatoms. The summed E-state index contributed by atoms with van der Waals surface area (Å²) in [4.78, 5) is 0. The number of aryl methyl sites for hydroxylation is 2. The number of ether oxygens (including phenoxy) is 1. The van der Waals surface area contributed by atoms with Crippen LogP contribution in [0.3, 0.4) is 0 Å². The monoisotopic (exact) mass is 272 g/mol. The first-order chi connectivity index (χ1) is 9.01. The van der Waals surface area contributed by atoms with E-state index in [4.69, 9.17) is 27.3 Å². The van der Waals surface area contributed by atoms with Crippen molar-refractivity contribution in [1.82, 2.24) is 0 Å². The van der Waals surface area contributed by atoms with E-state index in [1.165, 1.54) is 0 Å². The minimum Gasteiger partial charge on any atom is -0.456 e. The van der Waals surface area contributed by atoms with Crippen molar-refractivity contribution in [1.29, 1.82) is 5.26 Å². The van der Waals surface area contributed by atoms with Crippen LogP contribution in [0.4, 0.5) is 5.69 Å². The largest absolute Gasteiger partial charge is 0.456 e. The predicted molar refractivity (Wildman–Crippen MR) is 76.6 cm³/mol. The molecule has 0 aliphatic rings. The van der Waals surface area contributed by atoms with Gasteiger partial charge in [-0.3, -0.25) is 0 Å². The third kappa shape index (κ3) is 2.81. The van der Waals surface area contributed by atoms with E-state index < -0.39 is 0 Å². The van der Waals surface area contributed by atoms with Gasteiger partial charge in [0.05, 0.1) is 5.56 Å². The van der Waals surface area contributed by atoms with E-state index in [9.17, 15) is 0 Å². The average molecular weight is 273 g/mol. The van der Waals surface area contributed by atoms with Gasteiger partial charge in [0.2, 0.25) is 0 Å². The zero-order valence-electron chi connectivity index (χ0n) is 10.7. The second-order valence-corrected chi connectivity index (χ2v) is 4.77. The zero-order valence-corrected chi connectivity index (χ0v) is 11.5. The number of anilines is 1. The number of hydrogen-bond acceptors (Lipinski definition) is 3. The molecule has 3 nitrogen and oxygen atoms in total. The quantitative estimate of drug-likeness (QED) is 0.834. The topological polar surface area (TPSA) is 59.0 Å². The molecule has 0 unspecified atom stereocenters. The first-order valence-corrected chi connectivity index (χ1v) is 6.13. The van der Waals surface area contributed by atoms with Crippen LogP contribution in [0.5, 0.6) is 11.5 Å². The number of halogens is 1. The Bertz CT molecular complexity index is 675. The standard InChI is InChI=1S/C15H13ClN2O/c1-9-5-10(2)14(7-13(9)18)19-15-6-12(16)4-3-11(15)8-17/h3-7H,18H2,1-2H3. The maximum atomic E-state index is 9.06. The van der Waals surface area contributed by atoms with Gasteiger partial charge in [0.1, 0.15) is 17.6 Å². The molecule has 0 atom stereocenters. The summed E-state index contributed by atoms with van der Waals surface area (Å²) in [5.74, 6) is 1.06. The summed E-state index contributed by atoms with van der Waals surface area (Å²) < 4.78 is 5.76. The molecule has 0 amide bonds. The SMILES string of the molecule is Cc1cc(C)c(Oc2cc(Cl)ccc2C#N)cc1N. The van der Waals surface area contributed by atoms with E-state index in [1.54, 1.807) is 24.3 Å². The maximum absolute atomic E-state index is 9.06. The molecule has 0 radical (unpaired) electrons. The van der Waals surface area contributed by atoms with Gasteiger partial charge in [-0.25, -0.2) is 0 Å². The lowest BCUT2D eigenvalue weighted by Gasteiger charge is -2.12. The first-order valence-electron chi connectivity index (χ1n) is 5.75. The molecule has 2 N–H and O–H groups in total. The third-order valence-corrected chi connectivity index (χ3v) is 3.08. The Labute approximate surface area is 117 Å². The van der Waals surface area contributed by atoms with Crippen LogP contribution < -0.4 is 10.5 Å². The third-order valence-electron chi connectivity index (χ3n) is 2.85. The van der Waals surface area contributed by atoms with E-state index >= 15 is 0 Å². The molecule has 0 aromatic heterocycles. The van der Waals surface area contributed by atoms with Crippen LogP contribution >= 0.6 is 11.6 Å². The molecule has 0 heterocycles. The van der Waals surface area contributed by atoms with Crippen molar-refractivity contribution in [2.24, 2.45) is 0 Å². The lowest BCUT2D eigenvalue weighted by Crippen LogP contribution is -1.95. The number of benzene rings is 2. The van der Waals surface area contributed by atoms with E-state index in [2.05, 4.69) is 6.07 Å². The van der Waals surface area contributed by atoms with Crippen molar-refractivity contribution >= 4 is 17.3 Å². The lowest BCUT2D eigenvalue weighted by atomic mass is 10.1. The van der Waals surface area contributed by atoms with E-state index in [1.807, 2.05) is 19.9 Å². The molecule has 0 aliphatic carbocycles. The smallest absolute Gasteiger partial charge is 0.146 e. The maximum Gasteiger partial charge on any atom is 0.146 e. The van der Waals surface area contributed by atoms with Crippen LogP contribution in [0.25, 0.3) is 0 Å². The number of rotatable bonds is 2. The molecule has 0 aliphatic heterocycles. The number of nitrogen functional groups attached to an aromatic ring is 1. The second kappa shape index (κ2) is 5.21. The molecule has 0 spiro atoms. The molecule has 96 valence electrons. The highest BCUT2D eigenvalue weighted by molar-refractivity contribution is 6.30. The molecule has 0 fully saturated rings. The lowest BCUT2D eigenvalue weighted by molar-refractivity contribution is 0.477. The van der Waals surface area contributed by atoms with E-state index in [0.717, 1.165) is 11.1 Å². The molecular weight excluding hydrogens is 260 g/mol. The highest BCUT2D eigenvalue weighted by atomic mass is 35.5. The van der Waals surface area contributed by atoms with E-state index in [0.29, 0.717) is 27.8 Å². The summed E-state index contributed by atoms with van der Waals surface area (Å²) >= 11 is 5.92. The Kier molecular flexibility index (Phi) is 3.64. The van der Waals surface area contributed by atoms with Gasteiger partial charge in [-0.15, -0.1) is 0 Å². The van der Waals surface area contributed by atoms with Gasteiger partial charge in [-0.05, 0) is 37.1 Å². The van der Waals surface area contributed by atoms with Gasteiger partial charge in [0.15, 0.2) is 0 Å². The minimum absolute atomic E-state index is 0.432. The van der Waals surface area contributed by atoms with Crippen molar-refractivity contribution in [2.75, 3.05) is 5.73 Å². The highest BCUT2D eigenvalue weighted by Gasteiger charge is 2.09. The fraction of sp³-hybridized carbons (Fsp3) is 0.133. The van der Waals surface area contributed by atoms with Crippen molar-refractivity contribution in [3.05, 3.63) is 52.0 Å². The van der Waals surface area contributed by atoms with Crippen molar-refractivity contribution in [3.8, 4) is 17.6 Å². The van der Waals surface area contributed by atoms with Crippen LogP contribution in [0.1, 0.15) is 16.7 Å². The summed E-state index contributed by atoms with van der Waals surface area (Å²) in [6.07, 6.45) is 0. The minimum atomic E-state index is 0.432. The van der Waals surface area contributed by atoms with Gasteiger partial charge in [-0.2, -0.15) is 5.26 Å². The zero-order chi connectivity index (χ0) is 14.0. The Hall–Kier alpha value is -2.18. The first kappa shape index (κ1) is 13.3. The molecule has 0 bridgehead atoms. The fourth-order valence-corrected chi connectivity index (χ4v) is 1.91. The summed E-state index contributed by atoms with van der Waals surface area (Å²) in [7, 11) is 0. The Morgan fingerprint density at radius 1 is 1.11 bits per heavy atom. The van der Waals surface area contributed by atoms with Crippen LogP contribution in [-0.4, -0.2) is 0 Å². The Balaban J connectivity index is 2.45. The van der Waals surface area contributed by atoms with E-state index in [-0.39, 0.29) is 0 Å². The molecule has 19 heavy (non-hydrogen) atoms. The van der Waals surface area contributed by atoms with Crippen LogP contribution in [-0.2, 0) is 0 Å². The summed E-state index contributed by atoms with van der Waals surface area (Å²) in [5.41, 5.74) is 8.91. The van der Waals surface area contributed by atoms with Gasteiger partial charge >= 0.3 is 0 Å². The normalized spacial score (nSPS) is 10.0. The van der Waals surface area contributed by atoms with Gasteiger partial charge in [-0.1, -0.05) is 17.7 Å². The fourth-order valence-electron chi connectivity index (χ4n) is 1.75. The number of nitrogens with zero attached hydrogens (tertiary/aromatic N) is 1. The number of hydrogen-bond donors (Lipinski definition) is 1. The molecule has 2 aromatic carbocycles. The predicted octanol–water partition coefficient (Wildman–Crippen LogP) is 4.20. The highest BCUT2D eigenvalue weighted by Crippen LogP contribution is 2.32. The van der Waals surface area contributed by atoms with Gasteiger partial charge in [0, 0.05) is 22.8 Å². The Morgan fingerprint density at radius 2 is 1.84 bits per heavy atom.